The molecular formula is C26H28N4O4. The lowest BCUT2D eigenvalue weighted by Gasteiger charge is -2.32. The van der Waals surface area contributed by atoms with Crippen LogP contribution < -0.4 is 15.0 Å². The summed E-state index contributed by atoms with van der Waals surface area (Å²) in [7, 11) is 1.64. The summed E-state index contributed by atoms with van der Waals surface area (Å²) < 4.78 is 10.5. The van der Waals surface area contributed by atoms with Crippen molar-refractivity contribution >= 4 is 23.4 Å². The van der Waals surface area contributed by atoms with Gasteiger partial charge in [0.1, 0.15) is 5.75 Å². The molecule has 1 amide bonds. The van der Waals surface area contributed by atoms with Gasteiger partial charge in [0, 0.05) is 24.6 Å². The molecule has 0 atom stereocenters. The van der Waals surface area contributed by atoms with Gasteiger partial charge in [-0.25, -0.2) is 4.79 Å². The van der Waals surface area contributed by atoms with Crippen LogP contribution in [0.5, 0.6) is 5.75 Å². The van der Waals surface area contributed by atoms with Crippen LogP contribution >= 0.6 is 0 Å². The predicted octanol–water partition coefficient (Wildman–Crippen LogP) is 4.18. The molecular weight excluding hydrogens is 432 g/mol. The maximum atomic E-state index is 12.9. The van der Waals surface area contributed by atoms with Crippen LogP contribution in [0.4, 0.5) is 11.5 Å². The van der Waals surface area contributed by atoms with E-state index in [-0.39, 0.29) is 18.4 Å². The first kappa shape index (κ1) is 23.2. The number of rotatable bonds is 7. The molecule has 1 fully saturated rings. The van der Waals surface area contributed by atoms with E-state index >= 15 is 0 Å². The van der Waals surface area contributed by atoms with Crippen molar-refractivity contribution < 1.29 is 19.1 Å². The fourth-order valence-corrected chi connectivity index (χ4v) is 4.08. The number of amides is 1. The second-order valence-electron chi connectivity index (χ2n) is 7.99. The Hall–Kier alpha value is -3.94. The Morgan fingerprint density at radius 1 is 1.00 bits per heavy atom. The number of methoxy groups -OCH3 is 1. The van der Waals surface area contributed by atoms with Crippen LogP contribution in [0, 0.1) is 5.92 Å². The molecule has 176 valence electrons. The zero-order valence-corrected chi connectivity index (χ0v) is 19.4. The van der Waals surface area contributed by atoms with Crippen LogP contribution in [-0.2, 0) is 9.53 Å². The van der Waals surface area contributed by atoms with Gasteiger partial charge in [-0.3, -0.25) is 4.79 Å². The number of carbonyl (C=O) groups is 2. The molecule has 0 aliphatic carbocycles. The number of nitrogens with zero attached hydrogens (tertiary/aromatic N) is 3. The smallest absolute Gasteiger partial charge is 0.340 e. The summed E-state index contributed by atoms with van der Waals surface area (Å²) in [5.74, 6) is 0.857. The molecule has 1 aliphatic heterocycles. The second kappa shape index (κ2) is 10.8. The Morgan fingerprint density at radius 3 is 2.44 bits per heavy atom. The summed E-state index contributed by atoms with van der Waals surface area (Å²) in [6.07, 6.45) is 1.37. The molecule has 0 spiro atoms. The summed E-state index contributed by atoms with van der Waals surface area (Å²) in [5.41, 5.74) is 2.48. The standard InChI is InChI=1S/C26H28N4O4/c1-3-34-26(32)20-9-4-6-10-21(20)27-25(31)18-14-16-30(17-15-18)24-13-12-22(28-29-24)19-8-5-7-11-23(19)33-2/h4-13,18H,3,14-17H2,1-2H3,(H,27,31). The second-order valence-corrected chi connectivity index (χ2v) is 7.99. The lowest BCUT2D eigenvalue weighted by atomic mass is 9.95. The first-order valence-electron chi connectivity index (χ1n) is 11.4. The van der Waals surface area contributed by atoms with Crippen LogP contribution in [0.1, 0.15) is 30.1 Å². The molecule has 8 heteroatoms. The van der Waals surface area contributed by atoms with Gasteiger partial charge >= 0.3 is 5.97 Å². The molecule has 0 bridgehead atoms. The van der Waals surface area contributed by atoms with E-state index in [9.17, 15) is 9.59 Å². The van der Waals surface area contributed by atoms with E-state index in [1.54, 1.807) is 38.3 Å². The number of esters is 1. The fourth-order valence-electron chi connectivity index (χ4n) is 4.08. The van der Waals surface area contributed by atoms with Crippen molar-refractivity contribution in [1.29, 1.82) is 0 Å². The van der Waals surface area contributed by atoms with Crippen LogP contribution in [0.15, 0.2) is 60.7 Å². The molecule has 2 aromatic carbocycles. The minimum absolute atomic E-state index is 0.0889. The zero-order chi connectivity index (χ0) is 23.9. The zero-order valence-electron chi connectivity index (χ0n) is 19.4. The molecule has 1 aliphatic rings. The molecule has 2 heterocycles. The van der Waals surface area contributed by atoms with Crippen molar-refractivity contribution in [2.24, 2.45) is 5.92 Å². The average Bonchev–Trinajstić information content (AvgIpc) is 2.89. The summed E-state index contributed by atoms with van der Waals surface area (Å²) in [5, 5.41) is 11.7. The van der Waals surface area contributed by atoms with Crippen molar-refractivity contribution in [2.75, 3.05) is 37.0 Å². The van der Waals surface area contributed by atoms with Crippen LogP contribution in [-0.4, -0.2) is 48.9 Å². The topological polar surface area (TPSA) is 93.7 Å². The third-order valence-corrected chi connectivity index (χ3v) is 5.90. The van der Waals surface area contributed by atoms with Gasteiger partial charge in [-0.05, 0) is 56.2 Å². The quantitative estimate of drug-likeness (QED) is 0.529. The van der Waals surface area contributed by atoms with Crippen molar-refractivity contribution in [3.63, 3.8) is 0 Å². The minimum Gasteiger partial charge on any atom is -0.496 e. The molecule has 0 unspecified atom stereocenters. The Kier molecular flexibility index (Phi) is 7.37. The van der Waals surface area contributed by atoms with Crippen molar-refractivity contribution in [1.82, 2.24) is 10.2 Å². The van der Waals surface area contributed by atoms with E-state index in [2.05, 4.69) is 20.4 Å². The van der Waals surface area contributed by atoms with E-state index in [1.165, 1.54) is 0 Å². The predicted molar refractivity (Wildman–Crippen MR) is 130 cm³/mol. The van der Waals surface area contributed by atoms with Gasteiger partial charge in [-0.15, -0.1) is 10.2 Å². The minimum atomic E-state index is -0.441. The van der Waals surface area contributed by atoms with Crippen LogP contribution in [0.2, 0.25) is 0 Å². The maximum absolute atomic E-state index is 12.9. The first-order chi connectivity index (χ1) is 16.6. The van der Waals surface area contributed by atoms with E-state index in [0.717, 1.165) is 22.8 Å². The van der Waals surface area contributed by atoms with Gasteiger partial charge < -0.3 is 19.7 Å². The summed E-state index contributed by atoms with van der Waals surface area (Å²) in [6, 6.07) is 18.5. The van der Waals surface area contributed by atoms with Gasteiger partial charge in [0.25, 0.3) is 0 Å². The molecule has 34 heavy (non-hydrogen) atoms. The molecule has 3 aromatic rings. The van der Waals surface area contributed by atoms with Crippen LogP contribution in [0.25, 0.3) is 11.3 Å². The maximum Gasteiger partial charge on any atom is 0.340 e. The van der Waals surface area contributed by atoms with Crippen molar-refractivity contribution in [3.8, 4) is 17.0 Å². The SMILES string of the molecule is CCOC(=O)c1ccccc1NC(=O)C1CCN(c2ccc(-c3ccccc3OC)nn2)CC1. The van der Waals surface area contributed by atoms with E-state index in [0.29, 0.717) is 37.2 Å². The van der Waals surface area contributed by atoms with Crippen molar-refractivity contribution in [3.05, 3.63) is 66.2 Å². The largest absolute Gasteiger partial charge is 0.496 e. The summed E-state index contributed by atoms with van der Waals surface area (Å²) >= 11 is 0. The van der Waals surface area contributed by atoms with E-state index in [1.807, 2.05) is 36.4 Å². The number of hydrogen-bond donors (Lipinski definition) is 1. The Morgan fingerprint density at radius 2 is 1.74 bits per heavy atom. The van der Waals surface area contributed by atoms with Crippen molar-refractivity contribution in [2.45, 2.75) is 19.8 Å². The highest BCUT2D eigenvalue weighted by Gasteiger charge is 2.27. The number of aromatic nitrogens is 2. The number of benzene rings is 2. The molecule has 8 nitrogen and oxygen atoms in total. The molecule has 1 aromatic heterocycles. The number of nitrogens with one attached hydrogen (secondary N) is 1. The number of ether oxygens (including phenoxy) is 2. The highest BCUT2D eigenvalue weighted by atomic mass is 16.5. The number of hydrogen-bond acceptors (Lipinski definition) is 7. The monoisotopic (exact) mass is 460 g/mol. The Balaban J connectivity index is 1.36. The molecule has 0 radical (unpaired) electrons. The number of piperidine rings is 1. The van der Waals surface area contributed by atoms with Gasteiger partial charge in [0.05, 0.1) is 30.7 Å². The normalized spacial score (nSPS) is 13.9. The van der Waals surface area contributed by atoms with Gasteiger partial charge in [-0.1, -0.05) is 24.3 Å². The first-order valence-corrected chi connectivity index (χ1v) is 11.4. The fraction of sp³-hybridized carbons (Fsp3) is 0.308. The third-order valence-electron chi connectivity index (χ3n) is 5.90. The van der Waals surface area contributed by atoms with Crippen LogP contribution in [0.3, 0.4) is 0 Å². The molecule has 1 saturated heterocycles. The highest BCUT2D eigenvalue weighted by Crippen LogP contribution is 2.29. The molecule has 4 rings (SSSR count). The van der Waals surface area contributed by atoms with Gasteiger partial charge in [0.2, 0.25) is 5.91 Å². The molecule has 1 N–H and O–H groups in total. The third kappa shape index (κ3) is 5.17. The Bertz CT molecular complexity index is 1140. The molecule has 0 saturated carbocycles. The van der Waals surface area contributed by atoms with Gasteiger partial charge in [0.15, 0.2) is 5.82 Å². The summed E-state index contributed by atoms with van der Waals surface area (Å²) in [6.45, 7) is 3.42. The average molecular weight is 461 g/mol. The number of carbonyl (C=O) groups excluding carboxylic acids is 2. The number of para-hydroxylation sites is 2. The van der Waals surface area contributed by atoms with Gasteiger partial charge in [-0.2, -0.15) is 0 Å². The lowest BCUT2D eigenvalue weighted by Crippen LogP contribution is -2.38. The van der Waals surface area contributed by atoms with E-state index < -0.39 is 5.97 Å². The number of anilines is 2. The summed E-state index contributed by atoms with van der Waals surface area (Å²) in [4.78, 5) is 27.2. The lowest BCUT2D eigenvalue weighted by molar-refractivity contribution is -0.120. The highest BCUT2D eigenvalue weighted by molar-refractivity contribution is 6.01. The Labute approximate surface area is 198 Å². The van der Waals surface area contributed by atoms with E-state index in [4.69, 9.17) is 9.47 Å².